The van der Waals surface area contributed by atoms with Crippen LogP contribution in [0.5, 0.6) is 0 Å². The van der Waals surface area contributed by atoms with Gasteiger partial charge in [0.15, 0.2) is 0 Å². The first kappa shape index (κ1) is 18.5. The Bertz CT molecular complexity index is 1310. The summed E-state index contributed by atoms with van der Waals surface area (Å²) in [5.41, 5.74) is 0.949. The van der Waals surface area contributed by atoms with Crippen molar-refractivity contribution in [1.82, 2.24) is 14.6 Å². The lowest BCUT2D eigenvalue weighted by Crippen LogP contribution is -2.28. The van der Waals surface area contributed by atoms with Crippen LogP contribution in [0, 0.1) is 5.82 Å². The normalized spacial score (nSPS) is 12.0. The third-order valence-corrected chi connectivity index (χ3v) is 5.85. The molecule has 0 fully saturated rings. The smallest absolute Gasteiger partial charge is 0.266 e. The molecule has 0 aliphatic heterocycles. The molecule has 4 aromatic rings. The molecule has 0 saturated carbocycles. The van der Waals surface area contributed by atoms with Gasteiger partial charge in [-0.1, -0.05) is 35.6 Å². The predicted molar refractivity (Wildman–Crippen MR) is 110 cm³/mol. The molecular formula is C20H14FN3O2S2. The second-order valence-corrected chi connectivity index (χ2v) is 7.94. The molecule has 0 amide bonds. The molecule has 0 aliphatic carbocycles. The second-order valence-electron chi connectivity index (χ2n) is 6.05. The third kappa shape index (κ3) is 3.74. The van der Waals surface area contributed by atoms with Gasteiger partial charge in [0.1, 0.15) is 11.5 Å². The zero-order valence-electron chi connectivity index (χ0n) is 14.8. The fourth-order valence-corrected chi connectivity index (χ4v) is 4.01. The number of hydrogen-bond donors (Lipinski definition) is 0. The molecule has 0 spiro atoms. The Kier molecular flexibility index (Phi) is 5.06. The highest BCUT2D eigenvalue weighted by molar-refractivity contribution is 7.98. The number of hydrogen-bond acceptors (Lipinski definition) is 6. The number of thiazole rings is 1. The van der Waals surface area contributed by atoms with Gasteiger partial charge in [0, 0.05) is 11.3 Å². The highest BCUT2D eigenvalue weighted by atomic mass is 32.2. The van der Waals surface area contributed by atoms with Gasteiger partial charge in [0.2, 0.25) is 4.96 Å². The van der Waals surface area contributed by atoms with Crippen LogP contribution in [0.25, 0.3) is 11.0 Å². The molecule has 0 atom stereocenters. The minimum absolute atomic E-state index is 0.148. The Morgan fingerprint density at radius 1 is 1.11 bits per heavy atom. The minimum Gasteiger partial charge on any atom is -0.266 e. The van der Waals surface area contributed by atoms with Crippen LogP contribution in [-0.4, -0.2) is 20.9 Å². The van der Waals surface area contributed by atoms with Crippen LogP contribution < -0.4 is 15.7 Å². The van der Waals surface area contributed by atoms with Crippen molar-refractivity contribution in [3.05, 3.63) is 96.4 Å². The number of halogens is 1. The van der Waals surface area contributed by atoms with Crippen LogP contribution in [0.4, 0.5) is 4.39 Å². The van der Waals surface area contributed by atoms with Gasteiger partial charge < -0.3 is 0 Å². The molecule has 0 radical (unpaired) electrons. The van der Waals surface area contributed by atoms with E-state index in [0.717, 1.165) is 31.9 Å². The number of benzene rings is 2. The van der Waals surface area contributed by atoms with Crippen LogP contribution in [0.3, 0.4) is 0 Å². The summed E-state index contributed by atoms with van der Waals surface area (Å²) in [6.45, 7) is 0. The Labute approximate surface area is 167 Å². The summed E-state index contributed by atoms with van der Waals surface area (Å²) in [5.74, 6) is -0.354. The van der Waals surface area contributed by atoms with Crippen molar-refractivity contribution in [3.63, 3.8) is 0 Å². The average Bonchev–Trinajstić information content (AvgIpc) is 2.99. The summed E-state index contributed by atoms with van der Waals surface area (Å²) < 4.78 is 14.7. The molecule has 28 heavy (non-hydrogen) atoms. The molecular weight excluding hydrogens is 397 g/mol. The summed E-state index contributed by atoms with van der Waals surface area (Å²) in [6.07, 6.45) is 3.94. The SMILES string of the molecule is CSc1ccc(/C=c2\sc3nc(=O)c(Cc4ccc(F)cc4)nn3c2=O)cc1. The zero-order valence-corrected chi connectivity index (χ0v) is 16.4. The van der Waals surface area contributed by atoms with Crippen molar-refractivity contribution in [2.45, 2.75) is 11.3 Å². The molecule has 0 N–H and O–H groups in total. The van der Waals surface area contributed by atoms with Crippen LogP contribution in [0.1, 0.15) is 16.8 Å². The minimum atomic E-state index is -0.485. The largest absolute Gasteiger partial charge is 0.296 e. The van der Waals surface area contributed by atoms with E-state index in [1.165, 1.54) is 12.1 Å². The molecule has 2 aromatic heterocycles. The van der Waals surface area contributed by atoms with E-state index in [9.17, 15) is 14.0 Å². The first-order chi connectivity index (χ1) is 13.5. The summed E-state index contributed by atoms with van der Waals surface area (Å²) in [7, 11) is 0. The van der Waals surface area contributed by atoms with Crippen molar-refractivity contribution in [1.29, 1.82) is 0 Å². The standard InChI is InChI=1S/C20H14FN3O2S2/c1-27-15-8-4-13(5-9-15)11-17-19(26)24-20(28-17)22-18(25)16(23-24)10-12-2-6-14(21)7-3-12/h2-9,11H,10H2,1H3/b17-11-. The van der Waals surface area contributed by atoms with Crippen LogP contribution in [-0.2, 0) is 6.42 Å². The first-order valence-corrected chi connectivity index (χ1v) is 10.4. The summed E-state index contributed by atoms with van der Waals surface area (Å²) in [5, 5.41) is 4.20. The van der Waals surface area contributed by atoms with Gasteiger partial charge in [-0.2, -0.15) is 14.6 Å². The van der Waals surface area contributed by atoms with E-state index in [2.05, 4.69) is 10.1 Å². The van der Waals surface area contributed by atoms with Crippen LogP contribution in [0.15, 0.2) is 63.0 Å². The molecule has 2 aromatic carbocycles. The highest BCUT2D eigenvalue weighted by Gasteiger charge is 2.11. The maximum absolute atomic E-state index is 13.1. The van der Waals surface area contributed by atoms with E-state index in [1.807, 2.05) is 30.5 Å². The number of aromatic nitrogens is 3. The van der Waals surface area contributed by atoms with Crippen molar-refractivity contribution < 1.29 is 4.39 Å². The predicted octanol–water partition coefficient (Wildman–Crippen LogP) is 2.51. The van der Waals surface area contributed by atoms with E-state index in [0.29, 0.717) is 4.53 Å². The van der Waals surface area contributed by atoms with E-state index in [1.54, 1.807) is 30.0 Å². The quantitative estimate of drug-likeness (QED) is 0.483. The number of nitrogens with zero attached hydrogens (tertiary/aromatic N) is 3. The Morgan fingerprint density at radius 2 is 1.82 bits per heavy atom. The topological polar surface area (TPSA) is 64.3 Å². The lowest BCUT2D eigenvalue weighted by atomic mass is 10.1. The molecule has 2 heterocycles. The third-order valence-electron chi connectivity index (χ3n) is 4.15. The van der Waals surface area contributed by atoms with Crippen molar-refractivity contribution >= 4 is 34.1 Å². The molecule has 140 valence electrons. The van der Waals surface area contributed by atoms with Crippen molar-refractivity contribution in [2.24, 2.45) is 0 Å². The van der Waals surface area contributed by atoms with Crippen molar-refractivity contribution in [2.75, 3.05) is 6.26 Å². The molecule has 4 rings (SSSR count). The van der Waals surface area contributed by atoms with Gasteiger partial charge in [-0.3, -0.25) is 9.59 Å². The summed E-state index contributed by atoms with van der Waals surface area (Å²) in [6, 6.07) is 13.6. The molecule has 0 unspecified atom stereocenters. The summed E-state index contributed by atoms with van der Waals surface area (Å²) >= 11 is 2.77. The number of thioether (sulfide) groups is 1. The fourth-order valence-electron chi connectivity index (χ4n) is 2.70. The van der Waals surface area contributed by atoms with E-state index >= 15 is 0 Å². The lowest BCUT2D eigenvalue weighted by Gasteiger charge is -2.00. The van der Waals surface area contributed by atoms with E-state index < -0.39 is 5.56 Å². The van der Waals surface area contributed by atoms with Gasteiger partial charge in [-0.15, -0.1) is 11.8 Å². The average molecular weight is 411 g/mol. The fraction of sp³-hybridized carbons (Fsp3) is 0.100. The van der Waals surface area contributed by atoms with E-state index in [4.69, 9.17) is 0 Å². The maximum atomic E-state index is 13.1. The molecule has 0 bridgehead atoms. The van der Waals surface area contributed by atoms with Crippen LogP contribution in [0.2, 0.25) is 0 Å². The lowest BCUT2D eigenvalue weighted by molar-refractivity contribution is 0.627. The second kappa shape index (κ2) is 7.65. The number of fused-ring (bicyclic) bond motifs is 1. The van der Waals surface area contributed by atoms with Crippen LogP contribution >= 0.6 is 23.1 Å². The van der Waals surface area contributed by atoms with Crippen molar-refractivity contribution in [3.8, 4) is 0 Å². The molecule has 0 saturated heterocycles. The van der Waals surface area contributed by atoms with Gasteiger partial charge in [-0.25, -0.2) is 4.39 Å². The monoisotopic (exact) mass is 411 g/mol. The Balaban J connectivity index is 1.76. The molecule has 5 nitrogen and oxygen atoms in total. The molecule has 8 heteroatoms. The highest BCUT2D eigenvalue weighted by Crippen LogP contribution is 2.15. The Hall–Kier alpha value is -2.84. The van der Waals surface area contributed by atoms with Gasteiger partial charge in [0.25, 0.3) is 11.1 Å². The van der Waals surface area contributed by atoms with Gasteiger partial charge in [0.05, 0.1) is 4.53 Å². The number of rotatable bonds is 4. The van der Waals surface area contributed by atoms with Gasteiger partial charge in [-0.05, 0) is 47.7 Å². The molecule has 0 aliphatic rings. The zero-order chi connectivity index (χ0) is 19.7. The maximum Gasteiger partial charge on any atom is 0.296 e. The summed E-state index contributed by atoms with van der Waals surface area (Å²) in [4.78, 5) is 30.4. The Morgan fingerprint density at radius 3 is 2.50 bits per heavy atom. The van der Waals surface area contributed by atoms with E-state index in [-0.39, 0.29) is 28.5 Å². The first-order valence-electron chi connectivity index (χ1n) is 8.36. The van der Waals surface area contributed by atoms with Gasteiger partial charge >= 0.3 is 0 Å².